The highest BCUT2D eigenvalue weighted by Crippen LogP contribution is 2.23. The molecule has 1 aromatic carbocycles. The number of halogens is 1. The Labute approximate surface area is 155 Å². The predicted octanol–water partition coefficient (Wildman–Crippen LogP) is 3.09. The first-order valence-corrected chi connectivity index (χ1v) is 9.17. The smallest absolute Gasteiger partial charge is 0.262 e. The molecule has 0 aliphatic heterocycles. The van der Waals surface area contributed by atoms with E-state index in [9.17, 15) is 9.59 Å². The second-order valence-electron chi connectivity index (χ2n) is 5.84. The number of rotatable bonds is 6. The van der Waals surface area contributed by atoms with Gasteiger partial charge in [0, 0.05) is 24.7 Å². The molecule has 0 N–H and O–H groups in total. The maximum absolute atomic E-state index is 12.8. The maximum atomic E-state index is 12.8. The Hall–Kier alpha value is -2.04. The average Bonchev–Trinajstić information content (AvgIpc) is 2.56. The molecule has 0 spiro atoms. The fraction of sp³-hybridized carbons (Fsp3) is 0.412. The van der Waals surface area contributed by atoms with Gasteiger partial charge in [0.2, 0.25) is 5.91 Å². The highest BCUT2D eigenvalue weighted by molar-refractivity contribution is 7.99. The fourth-order valence-electron chi connectivity index (χ4n) is 2.29. The molecule has 8 heteroatoms. The molecule has 2 aromatic rings. The molecular formula is C17H19ClN4O2S. The number of nitriles is 1. The molecule has 0 bridgehead atoms. The van der Waals surface area contributed by atoms with Crippen molar-refractivity contribution < 1.29 is 4.79 Å². The van der Waals surface area contributed by atoms with Crippen molar-refractivity contribution in [1.29, 1.82) is 5.26 Å². The van der Waals surface area contributed by atoms with E-state index in [1.165, 1.54) is 16.7 Å². The molecule has 0 fully saturated rings. The Morgan fingerprint density at radius 2 is 2.20 bits per heavy atom. The summed E-state index contributed by atoms with van der Waals surface area (Å²) in [5.74, 6) is 0.0312. The van der Waals surface area contributed by atoms with Crippen LogP contribution in [0.4, 0.5) is 0 Å². The van der Waals surface area contributed by atoms with E-state index in [1.54, 1.807) is 29.8 Å². The van der Waals surface area contributed by atoms with Crippen molar-refractivity contribution >= 4 is 40.2 Å². The van der Waals surface area contributed by atoms with E-state index in [-0.39, 0.29) is 29.7 Å². The average molecular weight is 379 g/mol. The first-order chi connectivity index (χ1) is 11.8. The third-order valence-electron chi connectivity index (χ3n) is 3.66. The SMILES string of the molecule is CC(C)n1c(SCC(=O)N(C)CCC#N)nc2cc(Cl)ccc2c1=O. The Kier molecular flexibility index (Phi) is 6.45. The fourth-order valence-corrected chi connectivity index (χ4v) is 3.52. The number of hydrogen-bond donors (Lipinski definition) is 0. The molecule has 6 nitrogen and oxygen atoms in total. The molecule has 1 aromatic heterocycles. The lowest BCUT2D eigenvalue weighted by Crippen LogP contribution is -2.30. The molecule has 0 atom stereocenters. The minimum absolute atomic E-state index is 0.0889. The second-order valence-corrected chi connectivity index (χ2v) is 7.22. The first kappa shape index (κ1) is 19.3. The maximum Gasteiger partial charge on any atom is 0.262 e. The number of carbonyl (C=O) groups excluding carboxylic acids is 1. The van der Waals surface area contributed by atoms with Crippen molar-refractivity contribution in [2.45, 2.75) is 31.5 Å². The normalized spacial score (nSPS) is 10.9. The third kappa shape index (κ3) is 4.53. The van der Waals surface area contributed by atoms with Crippen molar-refractivity contribution in [3.63, 3.8) is 0 Å². The summed E-state index contributed by atoms with van der Waals surface area (Å²) in [4.78, 5) is 31.0. The Morgan fingerprint density at radius 3 is 2.84 bits per heavy atom. The molecule has 1 amide bonds. The largest absolute Gasteiger partial charge is 0.344 e. The number of fused-ring (bicyclic) bond motifs is 1. The van der Waals surface area contributed by atoms with Crippen molar-refractivity contribution in [3.05, 3.63) is 33.6 Å². The zero-order chi connectivity index (χ0) is 18.6. The van der Waals surface area contributed by atoms with Gasteiger partial charge in [-0.1, -0.05) is 23.4 Å². The Bertz CT molecular complexity index is 889. The highest BCUT2D eigenvalue weighted by Gasteiger charge is 2.17. The van der Waals surface area contributed by atoms with E-state index < -0.39 is 0 Å². The van der Waals surface area contributed by atoms with Crippen LogP contribution in [-0.2, 0) is 4.79 Å². The Morgan fingerprint density at radius 1 is 1.48 bits per heavy atom. The topological polar surface area (TPSA) is 79.0 Å². The minimum atomic E-state index is -0.149. The molecule has 0 unspecified atom stereocenters. The van der Waals surface area contributed by atoms with E-state index in [4.69, 9.17) is 16.9 Å². The van der Waals surface area contributed by atoms with Gasteiger partial charge in [-0.3, -0.25) is 14.2 Å². The third-order valence-corrected chi connectivity index (χ3v) is 4.83. The van der Waals surface area contributed by atoms with Gasteiger partial charge >= 0.3 is 0 Å². The summed E-state index contributed by atoms with van der Waals surface area (Å²) in [5, 5.41) is 10.1. The molecule has 0 saturated carbocycles. The minimum Gasteiger partial charge on any atom is -0.344 e. The summed E-state index contributed by atoms with van der Waals surface area (Å²) in [6, 6.07) is 6.90. The molecule has 25 heavy (non-hydrogen) atoms. The van der Waals surface area contributed by atoms with Crippen LogP contribution in [0.5, 0.6) is 0 Å². The van der Waals surface area contributed by atoms with Crippen LogP contribution in [0.1, 0.15) is 26.3 Å². The lowest BCUT2D eigenvalue weighted by Gasteiger charge is -2.18. The molecular weight excluding hydrogens is 360 g/mol. The summed E-state index contributed by atoms with van der Waals surface area (Å²) in [6.07, 6.45) is 0.288. The zero-order valence-electron chi connectivity index (χ0n) is 14.3. The molecule has 0 aliphatic carbocycles. The van der Waals surface area contributed by atoms with Crippen molar-refractivity contribution in [1.82, 2.24) is 14.5 Å². The molecule has 132 valence electrons. The lowest BCUT2D eigenvalue weighted by atomic mass is 10.2. The van der Waals surface area contributed by atoms with Crippen molar-refractivity contribution in [2.75, 3.05) is 19.3 Å². The number of carbonyl (C=O) groups is 1. The van der Waals surface area contributed by atoms with Crippen molar-refractivity contribution in [2.24, 2.45) is 0 Å². The van der Waals surface area contributed by atoms with Gasteiger partial charge in [0.1, 0.15) is 0 Å². The number of aromatic nitrogens is 2. The van der Waals surface area contributed by atoms with E-state index in [1.807, 2.05) is 19.9 Å². The summed E-state index contributed by atoms with van der Waals surface area (Å²) < 4.78 is 1.59. The molecule has 0 radical (unpaired) electrons. The zero-order valence-corrected chi connectivity index (χ0v) is 15.9. The predicted molar refractivity (Wildman–Crippen MR) is 100.0 cm³/mol. The van der Waals surface area contributed by atoms with Gasteiger partial charge in [0.25, 0.3) is 5.56 Å². The highest BCUT2D eigenvalue weighted by atomic mass is 35.5. The van der Waals surface area contributed by atoms with Crippen LogP contribution < -0.4 is 5.56 Å². The number of nitrogens with zero attached hydrogens (tertiary/aromatic N) is 4. The number of thioether (sulfide) groups is 1. The van der Waals surface area contributed by atoms with Crippen LogP contribution in [0, 0.1) is 11.3 Å². The molecule has 0 aliphatic rings. The molecule has 2 rings (SSSR count). The van der Waals surface area contributed by atoms with Gasteiger partial charge in [-0.05, 0) is 32.0 Å². The number of amides is 1. The van der Waals surface area contributed by atoms with Gasteiger partial charge < -0.3 is 4.90 Å². The lowest BCUT2D eigenvalue weighted by molar-refractivity contribution is -0.127. The van der Waals surface area contributed by atoms with Crippen LogP contribution in [-0.4, -0.2) is 39.7 Å². The summed E-state index contributed by atoms with van der Waals surface area (Å²) in [5.41, 5.74) is 0.367. The van der Waals surface area contributed by atoms with Crippen LogP contribution >= 0.6 is 23.4 Å². The van der Waals surface area contributed by atoms with Gasteiger partial charge in [0.15, 0.2) is 5.16 Å². The van der Waals surface area contributed by atoms with Gasteiger partial charge in [-0.15, -0.1) is 0 Å². The van der Waals surface area contributed by atoms with Crippen LogP contribution in [0.2, 0.25) is 5.02 Å². The monoisotopic (exact) mass is 378 g/mol. The van der Waals surface area contributed by atoms with E-state index in [2.05, 4.69) is 4.98 Å². The number of hydrogen-bond acceptors (Lipinski definition) is 5. The van der Waals surface area contributed by atoms with Gasteiger partial charge in [-0.25, -0.2) is 4.98 Å². The first-order valence-electron chi connectivity index (χ1n) is 7.80. The van der Waals surface area contributed by atoms with Crippen LogP contribution in [0.15, 0.2) is 28.2 Å². The summed E-state index contributed by atoms with van der Waals surface area (Å²) in [6.45, 7) is 4.18. The summed E-state index contributed by atoms with van der Waals surface area (Å²) >= 11 is 7.22. The Balaban J connectivity index is 2.33. The molecule has 0 saturated heterocycles. The quantitative estimate of drug-likeness (QED) is 0.570. The van der Waals surface area contributed by atoms with E-state index in [0.29, 0.717) is 27.6 Å². The summed E-state index contributed by atoms with van der Waals surface area (Å²) in [7, 11) is 1.66. The van der Waals surface area contributed by atoms with Crippen molar-refractivity contribution in [3.8, 4) is 6.07 Å². The van der Waals surface area contributed by atoms with Gasteiger partial charge in [-0.2, -0.15) is 5.26 Å². The number of benzene rings is 1. The standard InChI is InChI=1S/C17H19ClN4O2S/c1-11(2)22-16(24)13-6-5-12(18)9-14(13)20-17(22)25-10-15(23)21(3)8-4-7-19/h5-6,9,11H,4,8,10H2,1-3H3. The second kappa shape index (κ2) is 8.37. The van der Waals surface area contributed by atoms with E-state index in [0.717, 1.165) is 0 Å². The van der Waals surface area contributed by atoms with Crippen LogP contribution in [0.25, 0.3) is 10.9 Å². The van der Waals surface area contributed by atoms with Crippen LogP contribution in [0.3, 0.4) is 0 Å². The van der Waals surface area contributed by atoms with Gasteiger partial charge in [0.05, 0.1) is 29.1 Å². The van der Waals surface area contributed by atoms with E-state index >= 15 is 0 Å². The molecule has 1 heterocycles.